The summed E-state index contributed by atoms with van der Waals surface area (Å²) in [5, 5.41) is 9.01. The fourth-order valence-electron chi connectivity index (χ4n) is 2.11. The van der Waals surface area contributed by atoms with E-state index in [1.807, 2.05) is 6.92 Å². The zero-order valence-electron chi connectivity index (χ0n) is 15.7. The van der Waals surface area contributed by atoms with E-state index < -0.39 is 9.84 Å². The first-order valence-electron chi connectivity index (χ1n) is 8.32. The summed E-state index contributed by atoms with van der Waals surface area (Å²) >= 11 is 0. The molecule has 3 N–H and O–H groups in total. The van der Waals surface area contributed by atoms with Crippen molar-refractivity contribution >= 4 is 21.7 Å². The number of sulfone groups is 1. The van der Waals surface area contributed by atoms with Gasteiger partial charge in [0.15, 0.2) is 5.96 Å². The Morgan fingerprint density at radius 2 is 1.96 bits per heavy atom. The molecule has 1 aromatic rings. The van der Waals surface area contributed by atoms with E-state index in [9.17, 15) is 13.2 Å². The first-order valence-corrected chi connectivity index (χ1v) is 10.4. The first-order chi connectivity index (χ1) is 12.2. The maximum Gasteiger partial charge on any atom is 0.251 e. The number of benzene rings is 1. The summed E-state index contributed by atoms with van der Waals surface area (Å²) in [7, 11) is 0.204. The van der Waals surface area contributed by atoms with E-state index in [1.165, 1.54) is 6.26 Å². The van der Waals surface area contributed by atoms with Crippen LogP contribution in [-0.4, -0.2) is 65.6 Å². The third kappa shape index (κ3) is 8.70. The Morgan fingerprint density at radius 3 is 2.58 bits per heavy atom. The third-order valence-electron chi connectivity index (χ3n) is 3.56. The van der Waals surface area contributed by atoms with E-state index in [2.05, 4.69) is 20.9 Å². The second kappa shape index (κ2) is 10.6. The Labute approximate surface area is 155 Å². The molecule has 0 aromatic heterocycles. The summed E-state index contributed by atoms with van der Waals surface area (Å²) in [6.45, 7) is 2.78. The van der Waals surface area contributed by atoms with Crippen molar-refractivity contribution in [3.8, 4) is 5.75 Å². The van der Waals surface area contributed by atoms with E-state index >= 15 is 0 Å². The highest BCUT2D eigenvalue weighted by Crippen LogP contribution is 2.12. The first kappa shape index (κ1) is 21.8. The van der Waals surface area contributed by atoms with Crippen molar-refractivity contribution in [2.24, 2.45) is 4.99 Å². The molecular formula is C17H28N4O4S. The van der Waals surface area contributed by atoms with Gasteiger partial charge in [-0.05, 0) is 31.5 Å². The average molecular weight is 385 g/mol. The molecular weight excluding hydrogens is 356 g/mol. The molecule has 1 unspecified atom stereocenters. The number of hydrogen-bond acceptors (Lipinski definition) is 5. The fraction of sp³-hybridized carbons (Fsp3) is 0.529. The van der Waals surface area contributed by atoms with Crippen molar-refractivity contribution in [3.05, 3.63) is 29.8 Å². The van der Waals surface area contributed by atoms with Gasteiger partial charge in [0.25, 0.3) is 5.91 Å². The minimum atomic E-state index is -2.98. The highest BCUT2D eigenvalue weighted by molar-refractivity contribution is 7.90. The van der Waals surface area contributed by atoms with Crippen LogP contribution in [0, 0.1) is 0 Å². The number of hydrogen-bond donors (Lipinski definition) is 3. The number of aliphatic imine (C=N–C) groups is 1. The lowest BCUT2D eigenvalue weighted by Crippen LogP contribution is -2.45. The topological polar surface area (TPSA) is 109 Å². The number of ether oxygens (including phenoxy) is 1. The number of rotatable bonds is 9. The molecule has 9 heteroatoms. The molecule has 146 valence electrons. The Kier molecular flexibility index (Phi) is 8.91. The van der Waals surface area contributed by atoms with Crippen LogP contribution in [0.1, 0.15) is 23.7 Å². The number of nitrogens with zero attached hydrogens (tertiary/aromatic N) is 1. The van der Waals surface area contributed by atoms with E-state index in [-0.39, 0.29) is 17.7 Å². The summed E-state index contributed by atoms with van der Waals surface area (Å²) in [6, 6.07) is 6.89. The molecule has 0 saturated carbocycles. The summed E-state index contributed by atoms with van der Waals surface area (Å²) in [5.74, 6) is 1.12. The van der Waals surface area contributed by atoms with Gasteiger partial charge in [-0.25, -0.2) is 8.42 Å². The normalized spacial score (nSPS) is 13.0. The summed E-state index contributed by atoms with van der Waals surface area (Å²) in [5.41, 5.74) is 0.529. The smallest absolute Gasteiger partial charge is 0.251 e. The Bertz CT molecular complexity index is 719. The van der Waals surface area contributed by atoms with Crippen LogP contribution < -0.4 is 20.7 Å². The number of nitrogens with one attached hydrogen (secondary N) is 3. The van der Waals surface area contributed by atoms with Crippen molar-refractivity contribution < 1.29 is 17.9 Å². The molecule has 0 fully saturated rings. The van der Waals surface area contributed by atoms with Gasteiger partial charge in [0.2, 0.25) is 0 Å². The average Bonchev–Trinajstić information content (AvgIpc) is 2.61. The van der Waals surface area contributed by atoms with Crippen LogP contribution >= 0.6 is 0 Å². The number of carbonyl (C=O) groups excluding carboxylic acids is 1. The molecule has 1 rings (SSSR count). The molecule has 0 heterocycles. The van der Waals surface area contributed by atoms with E-state index in [1.54, 1.807) is 38.4 Å². The number of methoxy groups -OCH3 is 1. The zero-order valence-corrected chi connectivity index (χ0v) is 16.5. The van der Waals surface area contributed by atoms with Crippen molar-refractivity contribution in [1.82, 2.24) is 16.0 Å². The SMILES string of the molecule is CN=C(NCCNC(=O)c1cccc(OC)c1)NC(C)CCS(C)(=O)=O. The Morgan fingerprint density at radius 1 is 1.27 bits per heavy atom. The van der Waals surface area contributed by atoms with Gasteiger partial charge in [0.05, 0.1) is 12.9 Å². The van der Waals surface area contributed by atoms with Crippen LogP contribution in [-0.2, 0) is 9.84 Å². The van der Waals surface area contributed by atoms with Gasteiger partial charge < -0.3 is 20.7 Å². The maximum absolute atomic E-state index is 12.1. The van der Waals surface area contributed by atoms with Crippen LogP contribution in [0.15, 0.2) is 29.3 Å². The second-order valence-electron chi connectivity index (χ2n) is 5.95. The molecule has 0 aliphatic rings. The predicted molar refractivity (Wildman–Crippen MR) is 104 cm³/mol. The van der Waals surface area contributed by atoms with Crippen molar-refractivity contribution in [1.29, 1.82) is 0 Å². The number of carbonyl (C=O) groups is 1. The van der Waals surface area contributed by atoms with Crippen molar-refractivity contribution in [2.75, 3.05) is 39.3 Å². The highest BCUT2D eigenvalue weighted by atomic mass is 32.2. The molecule has 1 atom stereocenters. The lowest BCUT2D eigenvalue weighted by Gasteiger charge is -2.17. The second-order valence-corrected chi connectivity index (χ2v) is 8.21. The van der Waals surface area contributed by atoms with E-state index in [0.717, 1.165) is 0 Å². The molecule has 0 aliphatic carbocycles. The van der Waals surface area contributed by atoms with Gasteiger partial charge >= 0.3 is 0 Å². The van der Waals surface area contributed by atoms with Crippen LogP contribution in [0.3, 0.4) is 0 Å². The molecule has 0 bridgehead atoms. The van der Waals surface area contributed by atoms with Crippen molar-refractivity contribution in [3.63, 3.8) is 0 Å². The number of guanidine groups is 1. The van der Waals surface area contributed by atoms with Crippen LogP contribution in [0.4, 0.5) is 0 Å². The maximum atomic E-state index is 12.1. The van der Waals surface area contributed by atoms with Gasteiger partial charge in [-0.15, -0.1) is 0 Å². The quantitative estimate of drug-likeness (QED) is 0.323. The van der Waals surface area contributed by atoms with Crippen molar-refractivity contribution in [2.45, 2.75) is 19.4 Å². The molecule has 0 radical (unpaired) electrons. The highest BCUT2D eigenvalue weighted by Gasteiger charge is 2.10. The van der Waals surface area contributed by atoms with E-state index in [4.69, 9.17) is 4.74 Å². The summed E-state index contributed by atoms with van der Waals surface area (Å²) in [6.07, 6.45) is 1.71. The van der Waals surface area contributed by atoms with Gasteiger partial charge in [0, 0.05) is 38.0 Å². The van der Waals surface area contributed by atoms with Gasteiger partial charge in [0.1, 0.15) is 15.6 Å². The van der Waals surface area contributed by atoms with Crippen LogP contribution in [0.2, 0.25) is 0 Å². The Hall–Kier alpha value is -2.29. The number of amides is 1. The zero-order chi connectivity index (χ0) is 19.6. The van der Waals surface area contributed by atoms with Crippen LogP contribution in [0.5, 0.6) is 5.75 Å². The minimum absolute atomic E-state index is 0.0395. The largest absolute Gasteiger partial charge is 0.497 e. The summed E-state index contributed by atoms with van der Waals surface area (Å²) in [4.78, 5) is 16.2. The van der Waals surface area contributed by atoms with Gasteiger partial charge in [-0.2, -0.15) is 0 Å². The summed E-state index contributed by atoms with van der Waals surface area (Å²) < 4.78 is 27.5. The molecule has 1 amide bonds. The molecule has 26 heavy (non-hydrogen) atoms. The molecule has 0 spiro atoms. The molecule has 8 nitrogen and oxygen atoms in total. The molecule has 0 aliphatic heterocycles. The standard InChI is InChI=1S/C17H28N4O4S/c1-13(8-11-26(4,23)24)21-17(18-2)20-10-9-19-16(22)14-6-5-7-15(12-14)25-3/h5-7,12-13H,8-11H2,1-4H3,(H,19,22)(H2,18,20,21). The Balaban J connectivity index is 2.35. The lowest BCUT2D eigenvalue weighted by atomic mass is 10.2. The van der Waals surface area contributed by atoms with Gasteiger partial charge in [-0.1, -0.05) is 6.07 Å². The van der Waals surface area contributed by atoms with E-state index in [0.29, 0.717) is 36.8 Å². The monoisotopic (exact) mass is 384 g/mol. The molecule has 0 saturated heterocycles. The lowest BCUT2D eigenvalue weighted by molar-refractivity contribution is 0.0954. The minimum Gasteiger partial charge on any atom is -0.497 e. The predicted octanol–water partition coefficient (Wildman–Crippen LogP) is 0.413. The van der Waals surface area contributed by atoms with Gasteiger partial charge in [-0.3, -0.25) is 9.79 Å². The van der Waals surface area contributed by atoms with Crippen LogP contribution in [0.25, 0.3) is 0 Å². The molecule has 1 aromatic carbocycles. The third-order valence-corrected chi connectivity index (χ3v) is 4.54. The fourth-order valence-corrected chi connectivity index (χ4v) is 2.90.